The lowest BCUT2D eigenvalue weighted by molar-refractivity contribution is -0.122. The first kappa shape index (κ1) is 20.3. The van der Waals surface area contributed by atoms with Gasteiger partial charge >= 0.3 is 0 Å². The molecule has 0 atom stereocenters. The molecule has 0 bridgehead atoms. The Balaban J connectivity index is 1.84. The summed E-state index contributed by atoms with van der Waals surface area (Å²) in [6.45, 7) is 0.382. The molecule has 1 saturated heterocycles. The molecule has 142 valence electrons. The van der Waals surface area contributed by atoms with Gasteiger partial charge < -0.3 is 9.47 Å². The maximum Gasteiger partial charge on any atom is 0.294 e. The molecule has 0 N–H and O–H groups in total. The molecule has 1 heterocycles. The van der Waals surface area contributed by atoms with Crippen molar-refractivity contribution >= 4 is 51.6 Å². The van der Waals surface area contributed by atoms with Crippen LogP contribution < -0.4 is 9.47 Å². The number of halogens is 1. The second kappa shape index (κ2) is 9.17. The van der Waals surface area contributed by atoms with E-state index in [1.807, 2.05) is 36.4 Å². The van der Waals surface area contributed by atoms with Gasteiger partial charge in [-0.3, -0.25) is 14.5 Å². The zero-order valence-electron chi connectivity index (χ0n) is 15.0. The Morgan fingerprint density at radius 3 is 2.68 bits per heavy atom. The minimum atomic E-state index is -0.383. The van der Waals surface area contributed by atoms with Gasteiger partial charge in [0.1, 0.15) is 6.61 Å². The van der Waals surface area contributed by atoms with E-state index in [2.05, 4.69) is 28.5 Å². The number of terminal acetylenes is 1. The molecule has 1 aliphatic heterocycles. The molecule has 0 aliphatic carbocycles. The molecule has 0 spiro atoms. The molecule has 2 amide bonds. The number of nitrogens with zero attached hydrogens (tertiary/aromatic N) is 1. The molecule has 0 saturated carbocycles. The molecule has 0 aromatic heterocycles. The van der Waals surface area contributed by atoms with Crippen LogP contribution >= 0.6 is 34.4 Å². The fraction of sp³-hybridized carbons (Fsp3) is 0.143. The predicted molar refractivity (Wildman–Crippen MR) is 118 cm³/mol. The van der Waals surface area contributed by atoms with Crippen molar-refractivity contribution in [1.29, 1.82) is 0 Å². The molecule has 28 heavy (non-hydrogen) atoms. The molecule has 5 nitrogen and oxygen atoms in total. The van der Waals surface area contributed by atoms with Gasteiger partial charge in [0, 0.05) is 0 Å². The van der Waals surface area contributed by atoms with E-state index in [0.29, 0.717) is 23.0 Å². The van der Waals surface area contributed by atoms with Crippen LogP contribution in [0.1, 0.15) is 11.1 Å². The summed E-state index contributed by atoms with van der Waals surface area (Å²) >= 11 is 3.04. The molecule has 0 radical (unpaired) electrons. The topological polar surface area (TPSA) is 55.8 Å². The molecule has 2 aromatic rings. The number of thioether (sulfide) groups is 1. The summed E-state index contributed by atoms with van der Waals surface area (Å²) in [6, 6.07) is 13.5. The molecule has 1 aliphatic rings. The lowest BCUT2D eigenvalue weighted by Crippen LogP contribution is -2.28. The summed E-state index contributed by atoms with van der Waals surface area (Å²) in [5, 5.41) is -0.362. The average molecular weight is 505 g/mol. The first-order valence-electron chi connectivity index (χ1n) is 8.26. The van der Waals surface area contributed by atoms with Crippen molar-refractivity contribution in [3.05, 3.63) is 62.1 Å². The number of amides is 2. The summed E-state index contributed by atoms with van der Waals surface area (Å²) in [5.41, 5.74) is 1.78. The molecule has 0 unspecified atom stereocenters. The number of rotatable bonds is 6. The van der Waals surface area contributed by atoms with Gasteiger partial charge in [0.05, 0.1) is 22.1 Å². The number of carbonyl (C=O) groups is 2. The number of ether oxygens (including phenoxy) is 2. The van der Waals surface area contributed by atoms with Gasteiger partial charge in [0.15, 0.2) is 11.5 Å². The number of methoxy groups -OCH3 is 1. The Morgan fingerprint density at radius 2 is 2.00 bits per heavy atom. The normalized spacial score (nSPS) is 15.0. The fourth-order valence-corrected chi connectivity index (χ4v) is 4.19. The van der Waals surface area contributed by atoms with Gasteiger partial charge in [-0.1, -0.05) is 36.3 Å². The highest BCUT2D eigenvalue weighted by atomic mass is 127. The average Bonchev–Trinajstić information content (AvgIpc) is 2.95. The van der Waals surface area contributed by atoms with Crippen LogP contribution in [0, 0.1) is 15.9 Å². The van der Waals surface area contributed by atoms with E-state index in [4.69, 9.17) is 15.9 Å². The van der Waals surface area contributed by atoms with E-state index in [1.165, 1.54) is 0 Å². The largest absolute Gasteiger partial charge is 0.493 e. The second-order valence-corrected chi connectivity index (χ2v) is 7.94. The summed E-state index contributed by atoms with van der Waals surface area (Å²) in [5.74, 6) is 3.12. The summed E-state index contributed by atoms with van der Waals surface area (Å²) in [7, 11) is 1.56. The van der Waals surface area contributed by atoms with E-state index < -0.39 is 0 Å². The van der Waals surface area contributed by atoms with Crippen molar-refractivity contribution in [3.8, 4) is 23.8 Å². The van der Waals surface area contributed by atoms with Crippen LogP contribution in [-0.4, -0.2) is 29.7 Å². The summed E-state index contributed by atoms with van der Waals surface area (Å²) < 4.78 is 12.3. The second-order valence-electron chi connectivity index (χ2n) is 5.78. The third-order valence-corrected chi connectivity index (χ3v) is 5.61. The SMILES string of the molecule is C#CCN1C(=O)S/C(=C/c2cc(I)c(OCc3ccccc3)c(OC)c2)C1=O. The van der Waals surface area contributed by atoms with Crippen LogP contribution in [0.4, 0.5) is 4.79 Å². The Labute approximate surface area is 181 Å². The van der Waals surface area contributed by atoms with Crippen molar-refractivity contribution in [3.63, 3.8) is 0 Å². The van der Waals surface area contributed by atoms with E-state index in [9.17, 15) is 9.59 Å². The fourth-order valence-electron chi connectivity index (χ4n) is 2.57. The Bertz CT molecular complexity index is 982. The van der Waals surface area contributed by atoms with Crippen molar-refractivity contribution < 1.29 is 19.1 Å². The zero-order valence-corrected chi connectivity index (χ0v) is 18.0. The minimum absolute atomic E-state index is 0.0326. The van der Waals surface area contributed by atoms with Gasteiger partial charge in [-0.2, -0.15) is 0 Å². The van der Waals surface area contributed by atoms with Crippen molar-refractivity contribution in [2.75, 3.05) is 13.7 Å². The third kappa shape index (κ3) is 4.51. The number of benzene rings is 2. The van der Waals surface area contributed by atoms with Crippen LogP contribution in [0.2, 0.25) is 0 Å². The van der Waals surface area contributed by atoms with E-state index in [1.54, 1.807) is 19.3 Å². The van der Waals surface area contributed by atoms with Crippen LogP contribution in [0.25, 0.3) is 6.08 Å². The number of hydrogen-bond acceptors (Lipinski definition) is 5. The van der Waals surface area contributed by atoms with Gasteiger partial charge in [0.25, 0.3) is 11.1 Å². The Morgan fingerprint density at radius 1 is 1.25 bits per heavy atom. The standard InChI is InChI=1S/C21H16INO4S/c1-3-9-23-20(24)18(28-21(23)25)12-15-10-16(22)19(17(11-15)26-2)27-13-14-7-5-4-6-8-14/h1,4-8,10-12H,9,13H2,2H3/b18-12+. The van der Waals surface area contributed by atoms with Gasteiger partial charge in [-0.25, -0.2) is 0 Å². The van der Waals surface area contributed by atoms with Gasteiger partial charge in [-0.05, 0) is 63.7 Å². The Hall–Kier alpha value is -2.44. The van der Waals surface area contributed by atoms with Crippen LogP contribution in [0.5, 0.6) is 11.5 Å². The summed E-state index contributed by atoms with van der Waals surface area (Å²) in [4.78, 5) is 25.6. The van der Waals surface area contributed by atoms with Crippen LogP contribution in [0.15, 0.2) is 47.4 Å². The monoisotopic (exact) mass is 505 g/mol. The molecule has 3 rings (SSSR count). The predicted octanol–water partition coefficient (Wildman–Crippen LogP) is 4.55. The first-order chi connectivity index (χ1) is 13.5. The number of hydrogen-bond donors (Lipinski definition) is 0. The zero-order chi connectivity index (χ0) is 20.1. The highest BCUT2D eigenvalue weighted by Crippen LogP contribution is 2.37. The minimum Gasteiger partial charge on any atom is -0.493 e. The quantitative estimate of drug-likeness (QED) is 0.328. The van der Waals surface area contributed by atoms with Crippen molar-refractivity contribution in [1.82, 2.24) is 4.90 Å². The lowest BCUT2D eigenvalue weighted by atomic mass is 10.1. The highest BCUT2D eigenvalue weighted by Gasteiger charge is 2.34. The summed E-state index contributed by atoms with van der Waals surface area (Å²) in [6.07, 6.45) is 6.88. The molecular formula is C21H16INO4S. The van der Waals surface area contributed by atoms with Gasteiger partial charge in [-0.15, -0.1) is 6.42 Å². The first-order valence-corrected chi connectivity index (χ1v) is 10.2. The number of imide groups is 1. The molecular weight excluding hydrogens is 489 g/mol. The highest BCUT2D eigenvalue weighted by molar-refractivity contribution is 14.1. The van der Waals surface area contributed by atoms with E-state index in [0.717, 1.165) is 31.4 Å². The van der Waals surface area contributed by atoms with Gasteiger partial charge in [0.2, 0.25) is 0 Å². The van der Waals surface area contributed by atoms with E-state index >= 15 is 0 Å². The maximum absolute atomic E-state index is 12.3. The van der Waals surface area contributed by atoms with Crippen LogP contribution in [0.3, 0.4) is 0 Å². The number of carbonyl (C=O) groups excluding carboxylic acids is 2. The van der Waals surface area contributed by atoms with E-state index in [-0.39, 0.29) is 17.7 Å². The van der Waals surface area contributed by atoms with Crippen molar-refractivity contribution in [2.45, 2.75) is 6.61 Å². The van der Waals surface area contributed by atoms with Crippen LogP contribution in [-0.2, 0) is 11.4 Å². The van der Waals surface area contributed by atoms with Crippen molar-refractivity contribution in [2.24, 2.45) is 0 Å². The lowest BCUT2D eigenvalue weighted by Gasteiger charge is -2.14. The maximum atomic E-state index is 12.3. The third-order valence-electron chi connectivity index (χ3n) is 3.90. The Kier molecular flexibility index (Phi) is 6.65. The molecule has 7 heteroatoms. The molecule has 2 aromatic carbocycles. The smallest absolute Gasteiger partial charge is 0.294 e. The molecule has 1 fully saturated rings.